The molecule has 1 saturated heterocycles. The minimum Gasteiger partial charge on any atom is -0.361 e. The summed E-state index contributed by atoms with van der Waals surface area (Å²) in [5.74, 6) is 0.938. The van der Waals surface area contributed by atoms with E-state index in [1.54, 1.807) is 12.7 Å². The highest BCUT2D eigenvalue weighted by Crippen LogP contribution is 2.23. The van der Waals surface area contributed by atoms with Crippen molar-refractivity contribution in [1.82, 2.24) is 24.8 Å². The first-order valence-electron chi connectivity index (χ1n) is 7.22. The molecule has 6 heteroatoms. The molecular formula is C14H21N5O. The lowest BCUT2D eigenvalue weighted by atomic mass is 10.0. The van der Waals surface area contributed by atoms with Crippen molar-refractivity contribution < 1.29 is 4.52 Å². The topological polar surface area (TPSA) is 60.0 Å². The van der Waals surface area contributed by atoms with Crippen molar-refractivity contribution in [3.63, 3.8) is 0 Å². The third kappa shape index (κ3) is 2.75. The maximum absolute atomic E-state index is 5.27. The summed E-state index contributed by atoms with van der Waals surface area (Å²) < 4.78 is 7.20. The highest BCUT2D eigenvalue weighted by atomic mass is 16.5. The number of aromatic nitrogens is 4. The Kier molecular flexibility index (Phi) is 3.82. The molecule has 3 rings (SSSR count). The van der Waals surface area contributed by atoms with Crippen LogP contribution in [0, 0.1) is 13.8 Å². The molecule has 0 saturated carbocycles. The predicted molar refractivity (Wildman–Crippen MR) is 74.0 cm³/mol. The average Bonchev–Trinajstić information content (AvgIpc) is 3.06. The van der Waals surface area contributed by atoms with Gasteiger partial charge in [0.25, 0.3) is 0 Å². The van der Waals surface area contributed by atoms with E-state index in [1.165, 1.54) is 24.8 Å². The van der Waals surface area contributed by atoms with E-state index in [2.05, 4.69) is 20.1 Å². The highest BCUT2D eigenvalue weighted by Gasteiger charge is 2.25. The molecule has 1 aliphatic rings. The molecule has 0 radical (unpaired) electrons. The molecule has 1 aliphatic heterocycles. The Labute approximate surface area is 118 Å². The Bertz CT molecular complexity index is 528. The van der Waals surface area contributed by atoms with E-state index in [9.17, 15) is 0 Å². The van der Waals surface area contributed by atoms with E-state index >= 15 is 0 Å². The number of likely N-dealkylation sites (tertiary alicyclic amines) is 1. The molecule has 1 atom stereocenters. The molecule has 1 fully saturated rings. The molecule has 2 aromatic heterocycles. The van der Waals surface area contributed by atoms with Gasteiger partial charge in [0.05, 0.1) is 12.2 Å². The largest absolute Gasteiger partial charge is 0.361 e. The van der Waals surface area contributed by atoms with Gasteiger partial charge in [0.15, 0.2) is 0 Å². The van der Waals surface area contributed by atoms with Crippen molar-refractivity contribution in [1.29, 1.82) is 0 Å². The molecule has 0 aliphatic carbocycles. The Hall–Kier alpha value is -1.69. The Morgan fingerprint density at radius 2 is 2.25 bits per heavy atom. The Balaban J connectivity index is 1.72. The van der Waals surface area contributed by atoms with Crippen molar-refractivity contribution in [2.75, 3.05) is 6.54 Å². The van der Waals surface area contributed by atoms with Crippen molar-refractivity contribution in [2.45, 2.75) is 52.2 Å². The molecule has 108 valence electrons. The van der Waals surface area contributed by atoms with E-state index in [0.717, 1.165) is 31.1 Å². The fraction of sp³-hybridized carbons (Fsp3) is 0.643. The smallest absolute Gasteiger partial charge is 0.138 e. The van der Waals surface area contributed by atoms with Gasteiger partial charge in [-0.25, -0.2) is 4.98 Å². The third-order valence-corrected chi connectivity index (χ3v) is 4.16. The van der Waals surface area contributed by atoms with Crippen LogP contribution in [0.15, 0.2) is 17.2 Å². The fourth-order valence-electron chi connectivity index (χ4n) is 2.95. The van der Waals surface area contributed by atoms with Gasteiger partial charge in [-0.2, -0.15) is 5.10 Å². The molecular weight excluding hydrogens is 254 g/mol. The van der Waals surface area contributed by atoms with Gasteiger partial charge in [0, 0.05) is 18.2 Å². The maximum atomic E-state index is 5.27. The van der Waals surface area contributed by atoms with Gasteiger partial charge in [0.1, 0.15) is 18.4 Å². The van der Waals surface area contributed by atoms with Gasteiger partial charge < -0.3 is 4.52 Å². The summed E-state index contributed by atoms with van der Waals surface area (Å²) in [6.45, 7) is 6.96. The molecule has 0 N–H and O–H groups in total. The van der Waals surface area contributed by atoms with E-state index < -0.39 is 0 Å². The van der Waals surface area contributed by atoms with Gasteiger partial charge in [-0.15, -0.1) is 0 Å². The summed E-state index contributed by atoms with van der Waals surface area (Å²) in [6.07, 6.45) is 7.15. The van der Waals surface area contributed by atoms with Gasteiger partial charge >= 0.3 is 0 Å². The fourth-order valence-corrected chi connectivity index (χ4v) is 2.95. The zero-order chi connectivity index (χ0) is 13.9. The first-order valence-corrected chi connectivity index (χ1v) is 7.22. The van der Waals surface area contributed by atoms with E-state index in [-0.39, 0.29) is 0 Å². The van der Waals surface area contributed by atoms with Crippen LogP contribution < -0.4 is 0 Å². The second-order valence-corrected chi connectivity index (χ2v) is 5.54. The summed E-state index contributed by atoms with van der Waals surface area (Å²) in [7, 11) is 0. The molecule has 6 nitrogen and oxygen atoms in total. The van der Waals surface area contributed by atoms with Gasteiger partial charge in [-0.05, 0) is 33.2 Å². The van der Waals surface area contributed by atoms with E-state index in [4.69, 9.17) is 4.52 Å². The number of rotatable bonds is 4. The lowest BCUT2D eigenvalue weighted by Gasteiger charge is -2.35. The van der Waals surface area contributed by atoms with Crippen LogP contribution >= 0.6 is 0 Å². The van der Waals surface area contributed by atoms with E-state index in [1.807, 2.05) is 18.5 Å². The molecule has 0 spiro atoms. The van der Waals surface area contributed by atoms with Crippen LogP contribution in [0.4, 0.5) is 0 Å². The number of aryl methyl sites for hydroxylation is 2. The number of piperidine rings is 1. The van der Waals surface area contributed by atoms with E-state index in [0.29, 0.717) is 6.04 Å². The summed E-state index contributed by atoms with van der Waals surface area (Å²) in [5.41, 5.74) is 2.24. The first-order chi connectivity index (χ1) is 9.74. The number of hydrogen-bond donors (Lipinski definition) is 0. The summed E-state index contributed by atoms with van der Waals surface area (Å²) >= 11 is 0. The normalized spacial score (nSPS) is 20.4. The zero-order valence-electron chi connectivity index (χ0n) is 12.1. The third-order valence-electron chi connectivity index (χ3n) is 4.16. The minimum absolute atomic E-state index is 0.513. The van der Waals surface area contributed by atoms with Gasteiger partial charge in [-0.3, -0.25) is 9.58 Å². The lowest BCUT2D eigenvalue weighted by Crippen LogP contribution is -2.41. The molecule has 3 heterocycles. The lowest BCUT2D eigenvalue weighted by molar-refractivity contribution is 0.121. The van der Waals surface area contributed by atoms with Crippen LogP contribution in [0.2, 0.25) is 0 Å². The standard InChI is InChI=1S/C14H21N5O/c1-11-14(12(2)20-17-11)8-18-6-4-3-5-13(18)7-19-10-15-9-16-19/h9-10,13H,3-8H2,1-2H3/t13-/m0/s1. The highest BCUT2D eigenvalue weighted by molar-refractivity contribution is 5.20. The molecule has 2 aromatic rings. The summed E-state index contributed by atoms with van der Waals surface area (Å²) in [5, 5.41) is 8.28. The van der Waals surface area contributed by atoms with Crippen LogP contribution in [0.5, 0.6) is 0 Å². The van der Waals surface area contributed by atoms with Crippen LogP contribution in [-0.4, -0.2) is 37.4 Å². The SMILES string of the molecule is Cc1noc(C)c1CN1CCCC[C@H]1Cn1cncn1. The second-order valence-electron chi connectivity index (χ2n) is 5.54. The average molecular weight is 275 g/mol. The summed E-state index contributed by atoms with van der Waals surface area (Å²) in [4.78, 5) is 6.55. The second kappa shape index (κ2) is 5.75. The monoisotopic (exact) mass is 275 g/mol. The molecule has 0 unspecified atom stereocenters. The Morgan fingerprint density at radius 1 is 1.35 bits per heavy atom. The molecule has 0 amide bonds. The number of nitrogens with zero attached hydrogens (tertiary/aromatic N) is 5. The number of hydrogen-bond acceptors (Lipinski definition) is 5. The predicted octanol–water partition coefficient (Wildman–Crippen LogP) is 1.94. The minimum atomic E-state index is 0.513. The zero-order valence-corrected chi connectivity index (χ0v) is 12.1. The first kappa shape index (κ1) is 13.3. The van der Waals surface area contributed by atoms with Gasteiger partial charge in [-0.1, -0.05) is 11.6 Å². The van der Waals surface area contributed by atoms with Crippen LogP contribution in [-0.2, 0) is 13.1 Å². The van der Waals surface area contributed by atoms with Crippen molar-refractivity contribution in [3.8, 4) is 0 Å². The van der Waals surface area contributed by atoms with Crippen LogP contribution in [0.3, 0.4) is 0 Å². The van der Waals surface area contributed by atoms with Crippen LogP contribution in [0.1, 0.15) is 36.3 Å². The summed E-state index contributed by atoms with van der Waals surface area (Å²) in [6, 6.07) is 0.513. The molecule has 0 aromatic carbocycles. The van der Waals surface area contributed by atoms with Crippen molar-refractivity contribution >= 4 is 0 Å². The quantitative estimate of drug-likeness (QED) is 0.853. The van der Waals surface area contributed by atoms with Crippen molar-refractivity contribution in [2.24, 2.45) is 0 Å². The molecule has 0 bridgehead atoms. The molecule has 20 heavy (non-hydrogen) atoms. The van der Waals surface area contributed by atoms with Gasteiger partial charge in [0.2, 0.25) is 0 Å². The Morgan fingerprint density at radius 3 is 2.95 bits per heavy atom. The van der Waals surface area contributed by atoms with Crippen molar-refractivity contribution in [3.05, 3.63) is 29.7 Å². The van der Waals surface area contributed by atoms with Crippen LogP contribution in [0.25, 0.3) is 0 Å². The maximum Gasteiger partial charge on any atom is 0.138 e.